The molecule has 0 radical (unpaired) electrons. The molecule has 0 aromatic rings. The van der Waals surface area contributed by atoms with Crippen LogP contribution in [0.1, 0.15) is 61.3 Å². The number of carbonyl (C=O) groups is 1. The Balaban J connectivity index is 4.67. The van der Waals surface area contributed by atoms with E-state index in [0.717, 1.165) is 12.8 Å². The van der Waals surface area contributed by atoms with Crippen molar-refractivity contribution in [2.75, 3.05) is 13.2 Å². The summed E-state index contributed by atoms with van der Waals surface area (Å²) in [6, 6.07) is 0. The third-order valence-corrected chi connectivity index (χ3v) is 3.02. The third kappa shape index (κ3) is 8.41. The van der Waals surface area contributed by atoms with Crippen molar-refractivity contribution in [2.45, 2.75) is 66.9 Å². The van der Waals surface area contributed by atoms with Gasteiger partial charge >= 0.3 is 6.09 Å². The molecule has 2 N–H and O–H groups in total. The lowest BCUT2D eigenvalue weighted by Gasteiger charge is -2.35. The maximum atomic E-state index is 11.8. The van der Waals surface area contributed by atoms with Crippen molar-refractivity contribution in [1.29, 1.82) is 0 Å². The van der Waals surface area contributed by atoms with Crippen LogP contribution in [0.25, 0.3) is 0 Å². The largest absolute Gasteiger partial charge is 0.444 e. The van der Waals surface area contributed by atoms with Crippen molar-refractivity contribution in [2.24, 2.45) is 17.3 Å². The molecule has 4 nitrogen and oxygen atoms in total. The standard InChI is InChI=1S/C16H33NO3/c1-12(2)8-16(11-18,9-13(3)4)10-17-14(19)20-15(5,6)7/h12-13,18H,8-11H2,1-7H3,(H,17,19). The van der Waals surface area contributed by atoms with Crippen molar-refractivity contribution in [3.05, 3.63) is 0 Å². The molecule has 4 heteroatoms. The first-order valence-corrected chi connectivity index (χ1v) is 7.57. The molecule has 0 saturated heterocycles. The van der Waals surface area contributed by atoms with Gasteiger partial charge in [-0.3, -0.25) is 0 Å². The van der Waals surface area contributed by atoms with Crippen LogP contribution in [0.4, 0.5) is 4.79 Å². The van der Waals surface area contributed by atoms with E-state index < -0.39 is 11.7 Å². The van der Waals surface area contributed by atoms with Gasteiger partial charge in [0.15, 0.2) is 0 Å². The minimum Gasteiger partial charge on any atom is -0.444 e. The van der Waals surface area contributed by atoms with Gasteiger partial charge in [-0.2, -0.15) is 0 Å². The van der Waals surface area contributed by atoms with E-state index in [0.29, 0.717) is 18.4 Å². The molecule has 0 fully saturated rings. The number of hydrogen-bond acceptors (Lipinski definition) is 3. The van der Waals surface area contributed by atoms with E-state index in [4.69, 9.17) is 4.74 Å². The van der Waals surface area contributed by atoms with Crippen molar-refractivity contribution in [3.63, 3.8) is 0 Å². The average molecular weight is 287 g/mol. The molecule has 120 valence electrons. The normalized spacial score (nSPS) is 12.9. The quantitative estimate of drug-likeness (QED) is 0.752. The maximum Gasteiger partial charge on any atom is 0.407 e. The molecule has 0 spiro atoms. The SMILES string of the molecule is CC(C)CC(CO)(CNC(=O)OC(C)(C)C)CC(C)C. The van der Waals surface area contributed by atoms with Gasteiger partial charge in [0.1, 0.15) is 5.60 Å². The van der Waals surface area contributed by atoms with Crippen molar-refractivity contribution in [3.8, 4) is 0 Å². The Labute approximate surface area is 124 Å². The number of alkyl carbamates (subject to hydrolysis) is 1. The van der Waals surface area contributed by atoms with Gasteiger partial charge in [-0.25, -0.2) is 4.79 Å². The van der Waals surface area contributed by atoms with Gasteiger partial charge in [0.25, 0.3) is 0 Å². The van der Waals surface area contributed by atoms with E-state index >= 15 is 0 Å². The average Bonchev–Trinajstić information content (AvgIpc) is 2.22. The smallest absolute Gasteiger partial charge is 0.407 e. The second kappa shape index (κ2) is 7.87. The number of aliphatic hydroxyl groups is 1. The van der Waals surface area contributed by atoms with Crippen LogP contribution in [0, 0.1) is 17.3 Å². The summed E-state index contributed by atoms with van der Waals surface area (Å²) in [4.78, 5) is 11.8. The van der Waals surface area contributed by atoms with Gasteiger partial charge in [-0.15, -0.1) is 0 Å². The van der Waals surface area contributed by atoms with E-state index in [9.17, 15) is 9.90 Å². The number of carbonyl (C=O) groups excluding carboxylic acids is 1. The first-order valence-electron chi connectivity index (χ1n) is 7.57. The molecule has 0 heterocycles. The highest BCUT2D eigenvalue weighted by Gasteiger charge is 2.32. The van der Waals surface area contributed by atoms with Gasteiger partial charge in [0, 0.05) is 12.0 Å². The Hall–Kier alpha value is -0.770. The fraction of sp³-hybridized carbons (Fsp3) is 0.938. The number of hydrogen-bond donors (Lipinski definition) is 2. The molecule has 0 aliphatic carbocycles. The number of amides is 1. The van der Waals surface area contributed by atoms with Crippen LogP contribution in [0.3, 0.4) is 0 Å². The van der Waals surface area contributed by atoms with E-state index in [1.165, 1.54) is 0 Å². The molecule has 0 atom stereocenters. The van der Waals surface area contributed by atoms with Crippen LogP contribution in [0.2, 0.25) is 0 Å². The summed E-state index contributed by atoms with van der Waals surface area (Å²) in [6.07, 6.45) is 1.36. The Morgan fingerprint density at radius 2 is 1.55 bits per heavy atom. The highest BCUT2D eigenvalue weighted by molar-refractivity contribution is 5.67. The molecule has 20 heavy (non-hydrogen) atoms. The van der Waals surface area contributed by atoms with E-state index in [2.05, 4.69) is 33.0 Å². The summed E-state index contributed by atoms with van der Waals surface area (Å²) < 4.78 is 5.26. The van der Waals surface area contributed by atoms with E-state index in [-0.39, 0.29) is 12.0 Å². The Morgan fingerprint density at radius 1 is 1.10 bits per heavy atom. The van der Waals surface area contributed by atoms with Crippen LogP contribution in [-0.2, 0) is 4.74 Å². The lowest BCUT2D eigenvalue weighted by Crippen LogP contribution is -2.43. The van der Waals surface area contributed by atoms with Crippen molar-refractivity contribution < 1.29 is 14.6 Å². The molecule has 0 rings (SSSR count). The van der Waals surface area contributed by atoms with Crippen molar-refractivity contribution in [1.82, 2.24) is 5.32 Å². The minimum atomic E-state index is -0.498. The Morgan fingerprint density at radius 3 is 1.85 bits per heavy atom. The van der Waals surface area contributed by atoms with Crippen LogP contribution in [-0.4, -0.2) is 30.0 Å². The monoisotopic (exact) mass is 287 g/mol. The third-order valence-electron chi connectivity index (χ3n) is 3.02. The molecular formula is C16H33NO3. The van der Waals surface area contributed by atoms with Gasteiger partial charge < -0.3 is 15.2 Å². The van der Waals surface area contributed by atoms with E-state index in [1.54, 1.807) is 0 Å². The molecule has 1 amide bonds. The molecule has 0 aliphatic rings. The predicted octanol–water partition coefficient (Wildman–Crippen LogP) is 3.58. The van der Waals surface area contributed by atoms with Gasteiger partial charge in [-0.05, 0) is 45.4 Å². The highest BCUT2D eigenvalue weighted by atomic mass is 16.6. The predicted molar refractivity (Wildman–Crippen MR) is 82.7 cm³/mol. The summed E-state index contributed by atoms with van der Waals surface area (Å²) in [6.45, 7) is 14.6. The fourth-order valence-corrected chi connectivity index (χ4v) is 2.72. The summed E-state index contributed by atoms with van der Waals surface area (Å²) in [7, 11) is 0. The maximum absolute atomic E-state index is 11.8. The van der Waals surface area contributed by atoms with Crippen LogP contribution < -0.4 is 5.32 Å². The first kappa shape index (κ1) is 19.2. The molecule has 0 saturated carbocycles. The van der Waals surface area contributed by atoms with E-state index in [1.807, 2.05) is 20.8 Å². The topological polar surface area (TPSA) is 58.6 Å². The molecule has 0 aromatic heterocycles. The van der Waals surface area contributed by atoms with Crippen LogP contribution in [0.5, 0.6) is 0 Å². The van der Waals surface area contributed by atoms with Gasteiger partial charge in [0.05, 0.1) is 6.61 Å². The molecule has 0 aliphatic heterocycles. The van der Waals surface area contributed by atoms with Crippen LogP contribution in [0.15, 0.2) is 0 Å². The number of rotatable bonds is 7. The lowest BCUT2D eigenvalue weighted by atomic mass is 9.74. The first-order chi connectivity index (χ1) is 8.99. The molecule has 0 bridgehead atoms. The molecule has 0 unspecified atom stereocenters. The Kier molecular flexibility index (Phi) is 7.56. The van der Waals surface area contributed by atoms with Gasteiger partial charge in [0.2, 0.25) is 0 Å². The van der Waals surface area contributed by atoms with Gasteiger partial charge in [-0.1, -0.05) is 27.7 Å². The summed E-state index contributed by atoms with van der Waals surface area (Å²) >= 11 is 0. The number of nitrogens with one attached hydrogen (secondary N) is 1. The zero-order valence-electron chi connectivity index (χ0n) is 14.2. The summed E-state index contributed by atoms with van der Waals surface area (Å²) in [5.41, 5.74) is -0.763. The summed E-state index contributed by atoms with van der Waals surface area (Å²) in [5.74, 6) is 0.947. The lowest BCUT2D eigenvalue weighted by molar-refractivity contribution is 0.0400. The summed E-state index contributed by atoms with van der Waals surface area (Å²) in [5, 5.41) is 12.6. The number of aliphatic hydroxyl groups excluding tert-OH is 1. The molecule has 0 aromatic carbocycles. The zero-order valence-corrected chi connectivity index (χ0v) is 14.2. The van der Waals surface area contributed by atoms with Crippen molar-refractivity contribution >= 4 is 6.09 Å². The highest BCUT2D eigenvalue weighted by Crippen LogP contribution is 2.32. The second-order valence-corrected chi connectivity index (χ2v) is 7.71. The fourth-order valence-electron chi connectivity index (χ4n) is 2.72. The minimum absolute atomic E-state index is 0.0825. The van der Waals surface area contributed by atoms with Crippen LogP contribution >= 0.6 is 0 Å². The number of ether oxygens (including phenoxy) is 1. The Bertz CT molecular complexity index is 283. The molecular weight excluding hydrogens is 254 g/mol. The zero-order chi connectivity index (χ0) is 16.0. The second-order valence-electron chi connectivity index (χ2n) is 7.71.